The number of hydrogen-bond acceptors (Lipinski definition) is 5. The Balaban J connectivity index is 1.52. The highest BCUT2D eigenvalue weighted by molar-refractivity contribution is 6.08. The van der Waals surface area contributed by atoms with Gasteiger partial charge in [0.05, 0.1) is 7.11 Å². The van der Waals surface area contributed by atoms with Gasteiger partial charge in [0.2, 0.25) is 0 Å². The minimum absolute atomic E-state index is 0.0437. The summed E-state index contributed by atoms with van der Waals surface area (Å²) in [5.74, 6) is 1.17. The van der Waals surface area contributed by atoms with E-state index in [1.54, 1.807) is 55.6 Å². The lowest BCUT2D eigenvalue weighted by atomic mass is 10.0. The first-order chi connectivity index (χ1) is 14.1. The fraction of sp³-hybridized carbons (Fsp3) is 0.0833. The van der Waals surface area contributed by atoms with Crippen LogP contribution in [0.1, 0.15) is 21.5 Å². The third kappa shape index (κ3) is 4.04. The average molecular weight is 386 g/mol. The van der Waals surface area contributed by atoms with E-state index in [1.807, 2.05) is 24.3 Å². The predicted octanol–water partition coefficient (Wildman–Crippen LogP) is 4.61. The second kappa shape index (κ2) is 8.02. The summed E-state index contributed by atoms with van der Waals surface area (Å²) in [6.45, 7) is 0.195. The van der Waals surface area contributed by atoms with Crippen LogP contribution in [0.2, 0.25) is 0 Å². The number of rotatable bonds is 6. The molecule has 0 N–H and O–H groups in total. The van der Waals surface area contributed by atoms with Gasteiger partial charge >= 0.3 is 5.63 Å². The Morgan fingerprint density at radius 1 is 0.862 bits per heavy atom. The summed E-state index contributed by atoms with van der Waals surface area (Å²) in [4.78, 5) is 24.3. The number of carbonyl (C=O) groups is 1. The Hall–Kier alpha value is -3.86. The second-order valence-corrected chi connectivity index (χ2v) is 6.46. The quantitative estimate of drug-likeness (QED) is 0.358. The number of methoxy groups -OCH3 is 1. The highest BCUT2D eigenvalue weighted by Gasteiger charge is 2.10. The van der Waals surface area contributed by atoms with Gasteiger partial charge < -0.3 is 13.9 Å². The van der Waals surface area contributed by atoms with Crippen molar-refractivity contribution in [1.82, 2.24) is 0 Å². The first-order valence-electron chi connectivity index (χ1n) is 9.07. The van der Waals surface area contributed by atoms with Gasteiger partial charge in [-0.2, -0.15) is 0 Å². The van der Waals surface area contributed by atoms with Crippen LogP contribution in [0.25, 0.3) is 11.0 Å². The van der Waals surface area contributed by atoms with Crippen molar-refractivity contribution in [1.29, 1.82) is 0 Å². The maximum absolute atomic E-state index is 12.5. The standard InChI is InChI=1S/C24H18O5/c1-27-20-11-12-21-18(13-23(25)29-22(21)14-20)15-28-19-9-7-17(8-10-19)24(26)16-5-3-2-4-6-16/h2-14H,15H2,1H3. The van der Waals surface area contributed by atoms with Crippen molar-refractivity contribution in [3.8, 4) is 11.5 Å². The van der Waals surface area contributed by atoms with E-state index in [1.165, 1.54) is 6.07 Å². The second-order valence-electron chi connectivity index (χ2n) is 6.46. The summed E-state index contributed by atoms with van der Waals surface area (Å²) >= 11 is 0. The zero-order valence-electron chi connectivity index (χ0n) is 15.8. The lowest BCUT2D eigenvalue weighted by Gasteiger charge is -2.10. The number of ether oxygens (including phenoxy) is 2. The Morgan fingerprint density at radius 2 is 1.55 bits per heavy atom. The fourth-order valence-electron chi connectivity index (χ4n) is 3.08. The molecule has 3 aromatic carbocycles. The number of ketones is 1. The van der Waals surface area contributed by atoms with Gasteiger partial charge in [0.15, 0.2) is 5.78 Å². The number of fused-ring (bicyclic) bond motifs is 1. The van der Waals surface area contributed by atoms with E-state index in [9.17, 15) is 9.59 Å². The molecule has 0 saturated carbocycles. The number of carbonyl (C=O) groups excluding carboxylic acids is 1. The van der Waals surface area contributed by atoms with Crippen molar-refractivity contribution in [2.45, 2.75) is 6.61 Å². The molecule has 1 aromatic heterocycles. The molecule has 0 spiro atoms. The molecule has 0 bridgehead atoms. The molecule has 0 radical (unpaired) electrons. The molecule has 0 aliphatic rings. The highest BCUT2D eigenvalue weighted by atomic mass is 16.5. The average Bonchev–Trinajstić information content (AvgIpc) is 2.77. The van der Waals surface area contributed by atoms with E-state index in [0.717, 1.165) is 5.39 Å². The van der Waals surface area contributed by atoms with Crippen LogP contribution in [0.4, 0.5) is 0 Å². The summed E-state index contributed by atoms with van der Waals surface area (Å²) in [6.07, 6.45) is 0. The van der Waals surface area contributed by atoms with Gasteiger partial charge in [-0.15, -0.1) is 0 Å². The molecule has 0 fully saturated rings. The molecule has 0 unspecified atom stereocenters. The molecule has 0 amide bonds. The lowest BCUT2D eigenvalue weighted by Crippen LogP contribution is -2.04. The zero-order chi connectivity index (χ0) is 20.2. The SMILES string of the molecule is COc1ccc2c(COc3ccc(C(=O)c4ccccc4)cc3)cc(=O)oc2c1. The maximum Gasteiger partial charge on any atom is 0.336 e. The first kappa shape index (κ1) is 18.5. The van der Waals surface area contributed by atoms with Crippen LogP contribution in [0.5, 0.6) is 11.5 Å². The van der Waals surface area contributed by atoms with Crippen molar-refractivity contribution < 1.29 is 18.7 Å². The normalized spacial score (nSPS) is 10.7. The van der Waals surface area contributed by atoms with Crippen molar-refractivity contribution in [2.75, 3.05) is 7.11 Å². The maximum atomic E-state index is 12.5. The van der Waals surface area contributed by atoms with Gasteiger partial charge in [0, 0.05) is 34.2 Å². The molecule has 4 rings (SSSR count). The molecule has 5 nitrogen and oxygen atoms in total. The van der Waals surface area contributed by atoms with E-state index < -0.39 is 5.63 Å². The van der Waals surface area contributed by atoms with Gasteiger partial charge in [0.25, 0.3) is 0 Å². The zero-order valence-corrected chi connectivity index (χ0v) is 15.8. The number of hydrogen-bond donors (Lipinski definition) is 0. The molecule has 5 heteroatoms. The van der Waals surface area contributed by atoms with Gasteiger partial charge in [0.1, 0.15) is 23.7 Å². The van der Waals surface area contributed by atoms with Gasteiger partial charge in [-0.1, -0.05) is 30.3 Å². The van der Waals surface area contributed by atoms with Crippen molar-refractivity contribution in [3.05, 3.63) is 106 Å². The molecular weight excluding hydrogens is 368 g/mol. The first-order valence-corrected chi connectivity index (χ1v) is 9.07. The monoisotopic (exact) mass is 386 g/mol. The topological polar surface area (TPSA) is 65.7 Å². The van der Waals surface area contributed by atoms with E-state index in [4.69, 9.17) is 13.9 Å². The van der Waals surface area contributed by atoms with Crippen LogP contribution in [0.3, 0.4) is 0 Å². The van der Waals surface area contributed by atoms with Gasteiger partial charge in [-0.05, 0) is 36.4 Å². The minimum atomic E-state index is -0.451. The van der Waals surface area contributed by atoms with Crippen LogP contribution in [-0.2, 0) is 6.61 Å². The molecule has 0 aliphatic heterocycles. The summed E-state index contributed by atoms with van der Waals surface area (Å²) in [6, 6.07) is 22.8. The molecule has 144 valence electrons. The number of benzene rings is 3. The predicted molar refractivity (Wildman–Crippen MR) is 110 cm³/mol. The van der Waals surface area contributed by atoms with Gasteiger partial charge in [-0.3, -0.25) is 4.79 Å². The van der Waals surface area contributed by atoms with E-state index in [-0.39, 0.29) is 12.4 Å². The van der Waals surface area contributed by atoms with E-state index >= 15 is 0 Å². The van der Waals surface area contributed by atoms with Crippen LogP contribution in [0.15, 0.2) is 88.1 Å². The third-order valence-corrected chi connectivity index (χ3v) is 4.58. The highest BCUT2D eigenvalue weighted by Crippen LogP contribution is 2.24. The fourth-order valence-corrected chi connectivity index (χ4v) is 3.08. The molecule has 0 atom stereocenters. The van der Waals surface area contributed by atoms with Crippen LogP contribution in [0, 0.1) is 0 Å². The van der Waals surface area contributed by atoms with E-state index in [0.29, 0.717) is 33.8 Å². The molecular formula is C24H18O5. The Bertz CT molecular complexity index is 1210. The van der Waals surface area contributed by atoms with Crippen molar-refractivity contribution in [3.63, 3.8) is 0 Å². The van der Waals surface area contributed by atoms with Crippen LogP contribution < -0.4 is 15.1 Å². The smallest absolute Gasteiger partial charge is 0.336 e. The summed E-state index contributed by atoms with van der Waals surface area (Å²) in [7, 11) is 1.55. The van der Waals surface area contributed by atoms with Crippen molar-refractivity contribution >= 4 is 16.8 Å². The lowest BCUT2D eigenvalue weighted by molar-refractivity contribution is 0.103. The molecule has 4 aromatic rings. The van der Waals surface area contributed by atoms with Gasteiger partial charge in [-0.25, -0.2) is 4.79 Å². The van der Waals surface area contributed by atoms with E-state index in [2.05, 4.69) is 0 Å². The molecule has 0 aliphatic carbocycles. The third-order valence-electron chi connectivity index (χ3n) is 4.58. The summed E-state index contributed by atoms with van der Waals surface area (Å²) in [5, 5.41) is 0.779. The minimum Gasteiger partial charge on any atom is -0.497 e. The summed E-state index contributed by atoms with van der Waals surface area (Å²) < 4.78 is 16.3. The van der Waals surface area contributed by atoms with Crippen LogP contribution in [-0.4, -0.2) is 12.9 Å². The largest absolute Gasteiger partial charge is 0.497 e. The molecule has 1 heterocycles. The molecule has 0 saturated heterocycles. The summed E-state index contributed by atoms with van der Waals surface area (Å²) in [5.41, 5.74) is 1.93. The Labute approximate surface area is 167 Å². The van der Waals surface area contributed by atoms with Crippen molar-refractivity contribution in [2.24, 2.45) is 0 Å². The Kier molecular flexibility index (Phi) is 5.12. The van der Waals surface area contributed by atoms with Crippen LogP contribution >= 0.6 is 0 Å². The molecule has 29 heavy (non-hydrogen) atoms. The Morgan fingerprint density at radius 3 is 2.28 bits per heavy atom.